The molecule has 0 saturated carbocycles. The van der Waals surface area contributed by atoms with E-state index in [-0.39, 0.29) is 15.6 Å². The van der Waals surface area contributed by atoms with E-state index in [1.807, 2.05) is 0 Å². The summed E-state index contributed by atoms with van der Waals surface area (Å²) in [5.74, 6) is -2.10. The molecule has 118 valence electrons. The molecule has 1 amide bonds. The third kappa shape index (κ3) is 4.51. The molecule has 2 rings (SSSR count). The molecule has 0 unspecified atom stereocenters. The maximum atomic E-state index is 11.6. The van der Waals surface area contributed by atoms with Gasteiger partial charge in [-0.25, -0.2) is 9.59 Å². The fraction of sp³-hybridized carbons (Fsp3) is 0.0714. The lowest BCUT2D eigenvalue weighted by Crippen LogP contribution is -2.19. The van der Waals surface area contributed by atoms with E-state index in [2.05, 4.69) is 20.3 Å². The second kappa shape index (κ2) is 7.36. The average molecular weight is 333 g/mol. The quantitative estimate of drug-likeness (QED) is 0.367. The Hall–Kier alpha value is -2.94. The first-order valence-corrected chi connectivity index (χ1v) is 7.04. The van der Waals surface area contributed by atoms with Gasteiger partial charge in [-0.1, -0.05) is 12.1 Å². The normalized spacial score (nSPS) is 17.7. The Morgan fingerprint density at radius 3 is 2.61 bits per heavy atom. The summed E-state index contributed by atoms with van der Waals surface area (Å²) in [5, 5.41) is 19.1. The van der Waals surface area contributed by atoms with Gasteiger partial charge in [0.15, 0.2) is 5.17 Å². The molecule has 1 fully saturated rings. The van der Waals surface area contributed by atoms with Crippen LogP contribution >= 0.6 is 11.8 Å². The lowest BCUT2D eigenvalue weighted by Gasteiger charge is -1.94. The van der Waals surface area contributed by atoms with Crippen molar-refractivity contribution in [3.05, 3.63) is 46.4 Å². The highest BCUT2D eigenvalue weighted by Crippen LogP contribution is 2.23. The van der Waals surface area contributed by atoms with Crippen molar-refractivity contribution in [2.24, 2.45) is 10.2 Å². The van der Waals surface area contributed by atoms with Crippen molar-refractivity contribution in [2.75, 3.05) is 7.11 Å². The Kier molecular flexibility index (Phi) is 5.26. The van der Waals surface area contributed by atoms with Gasteiger partial charge >= 0.3 is 11.9 Å². The summed E-state index contributed by atoms with van der Waals surface area (Å²) in [5.41, 5.74) is 0.823. The molecule has 9 heteroatoms. The summed E-state index contributed by atoms with van der Waals surface area (Å²) in [6.07, 6.45) is 2.48. The number of carbonyl (C=O) groups is 3. The smallest absolute Gasteiger partial charge is 0.335 e. The SMILES string of the molecule is COC(=O)/C=C1/S/C(=N\N=Cc2ccc(C(=O)O)cc2)NC1=O. The Balaban J connectivity index is 2.03. The van der Waals surface area contributed by atoms with Gasteiger partial charge in [0.05, 0.1) is 23.8 Å². The van der Waals surface area contributed by atoms with Gasteiger partial charge in [0.1, 0.15) is 0 Å². The number of esters is 1. The van der Waals surface area contributed by atoms with Crippen LogP contribution in [0.25, 0.3) is 0 Å². The summed E-state index contributed by atoms with van der Waals surface area (Å²) in [7, 11) is 1.21. The van der Waals surface area contributed by atoms with Crippen LogP contribution in [0.15, 0.2) is 45.4 Å². The summed E-state index contributed by atoms with van der Waals surface area (Å²) in [4.78, 5) is 33.6. The van der Waals surface area contributed by atoms with Gasteiger partial charge in [0, 0.05) is 6.08 Å². The molecule has 0 aromatic heterocycles. The highest BCUT2D eigenvalue weighted by atomic mass is 32.2. The molecule has 1 aromatic rings. The number of nitrogens with one attached hydrogen (secondary N) is 1. The zero-order valence-corrected chi connectivity index (χ0v) is 12.7. The average Bonchev–Trinajstić information content (AvgIpc) is 2.87. The molecule has 0 atom stereocenters. The van der Waals surface area contributed by atoms with Crippen molar-refractivity contribution in [2.45, 2.75) is 0 Å². The van der Waals surface area contributed by atoms with E-state index < -0.39 is 17.8 Å². The summed E-state index contributed by atoms with van der Waals surface area (Å²) >= 11 is 0.962. The van der Waals surface area contributed by atoms with Crippen LogP contribution in [0.3, 0.4) is 0 Å². The minimum atomic E-state index is -1.01. The van der Waals surface area contributed by atoms with Gasteiger partial charge < -0.3 is 9.84 Å². The molecule has 0 bridgehead atoms. The lowest BCUT2D eigenvalue weighted by atomic mass is 10.1. The zero-order valence-electron chi connectivity index (χ0n) is 11.8. The molecule has 0 spiro atoms. The maximum Gasteiger partial charge on any atom is 0.335 e. The first-order valence-electron chi connectivity index (χ1n) is 6.23. The molecule has 1 heterocycles. The van der Waals surface area contributed by atoms with Gasteiger partial charge in [-0.15, -0.1) is 5.10 Å². The Morgan fingerprint density at radius 1 is 1.30 bits per heavy atom. The summed E-state index contributed by atoms with van der Waals surface area (Å²) in [6, 6.07) is 6.05. The number of nitrogens with zero attached hydrogens (tertiary/aromatic N) is 2. The number of rotatable bonds is 4. The number of methoxy groups -OCH3 is 1. The number of carbonyl (C=O) groups excluding carboxylic acids is 2. The third-order valence-electron chi connectivity index (χ3n) is 2.61. The Morgan fingerprint density at radius 2 is 2.00 bits per heavy atom. The number of aromatic carboxylic acids is 1. The molecular formula is C14H11N3O5S. The first kappa shape index (κ1) is 16.4. The predicted octanol–water partition coefficient (Wildman–Crippen LogP) is 0.995. The maximum absolute atomic E-state index is 11.6. The molecule has 8 nitrogen and oxygen atoms in total. The van der Waals surface area contributed by atoms with Gasteiger partial charge in [-0.3, -0.25) is 10.1 Å². The first-order chi connectivity index (χ1) is 11.0. The second-order valence-electron chi connectivity index (χ2n) is 4.16. The van der Waals surface area contributed by atoms with Gasteiger partial charge in [-0.05, 0) is 29.5 Å². The number of hydrogen-bond acceptors (Lipinski definition) is 7. The second-order valence-corrected chi connectivity index (χ2v) is 5.20. The van der Waals surface area contributed by atoms with E-state index in [9.17, 15) is 14.4 Å². The lowest BCUT2D eigenvalue weighted by molar-refractivity contribution is -0.135. The van der Waals surface area contributed by atoms with Gasteiger partial charge in [0.25, 0.3) is 5.91 Å². The van der Waals surface area contributed by atoms with E-state index in [1.165, 1.54) is 25.5 Å². The third-order valence-corrected chi connectivity index (χ3v) is 3.51. The fourth-order valence-electron chi connectivity index (χ4n) is 1.50. The zero-order chi connectivity index (χ0) is 16.8. The number of amidine groups is 1. The number of carboxylic acid groups (broad SMARTS) is 1. The number of hydrogen-bond donors (Lipinski definition) is 2. The van der Waals surface area contributed by atoms with Crippen molar-refractivity contribution in [1.29, 1.82) is 0 Å². The highest BCUT2D eigenvalue weighted by molar-refractivity contribution is 8.18. The van der Waals surface area contributed by atoms with E-state index >= 15 is 0 Å². The van der Waals surface area contributed by atoms with Crippen LogP contribution in [-0.2, 0) is 14.3 Å². The molecule has 0 aliphatic carbocycles. The molecule has 1 saturated heterocycles. The topological polar surface area (TPSA) is 117 Å². The minimum Gasteiger partial charge on any atom is -0.478 e. The molecule has 1 aliphatic rings. The molecule has 1 aromatic carbocycles. The van der Waals surface area contributed by atoms with Crippen LogP contribution in [0.5, 0.6) is 0 Å². The van der Waals surface area contributed by atoms with Gasteiger partial charge in [-0.2, -0.15) is 5.10 Å². The number of benzene rings is 1. The summed E-state index contributed by atoms with van der Waals surface area (Å²) < 4.78 is 4.44. The Bertz CT molecular complexity index is 737. The van der Waals surface area contributed by atoms with Crippen molar-refractivity contribution in [3.63, 3.8) is 0 Å². The number of ether oxygens (including phenoxy) is 1. The van der Waals surface area contributed by atoms with Crippen molar-refractivity contribution in [1.82, 2.24) is 5.32 Å². The minimum absolute atomic E-state index is 0.164. The van der Waals surface area contributed by atoms with Crippen LogP contribution in [0.2, 0.25) is 0 Å². The highest BCUT2D eigenvalue weighted by Gasteiger charge is 2.24. The van der Waals surface area contributed by atoms with E-state index in [0.717, 1.165) is 17.8 Å². The Labute approximate surface area is 134 Å². The standard InChI is InChI=1S/C14H11N3O5S/c1-22-11(18)6-10-12(19)16-14(23-10)17-15-7-8-2-4-9(5-3-8)13(20)21/h2-7H,1H3,(H,20,21)(H,16,17,19)/b10-6+,15-7?. The fourth-order valence-corrected chi connectivity index (χ4v) is 2.24. The monoisotopic (exact) mass is 333 g/mol. The molecule has 23 heavy (non-hydrogen) atoms. The van der Waals surface area contributed by atoms with E-state index in [1.54, 1.807) is 12.1 Å². The van der Waals surface area contributed by atoms with Crippen LogP contribution in [-0.4, -0.2) is 41.4 Å². The van der Waals surface area contributed by atoms with Crippen LogP contribution in [0, 0.1) is 0 Å². The largest absolute Gasteiger partial charge is 0.478 e. The number of carboxylic acids is 1. The molecule has 1 aliphatic heterocycles. The predicted molar refractivity (Wildman–Crippen MR) is 84.3 cm³/mol. The van der Waals surface area contributed by atoms with Crippen LogP contribution < -0.4 is 5.32 Å². The number of amides is 1. The number of thioether (sulfide) groups is 1. The van der Waals surface area contributed by atoms with Crippen molar-refractivity contribution >= 4 is 41.0 Å². The molecule has 0 radical (unpaired) electrons. The van der Waals surface area contributed by atoms with E-state index in [0.29, 0.717) is 5.56 Å². The molecule has 2 N–H and O–H groups in total. The van der Waals surface area contributed by atoms with Crippen LogP contribution in [0.1, 0.15) is 15.9 Å². The molecular weight excluding hydrogens is 322 g/mol. The van der Waals surface area contributed by atoms with Gasteiger partial charge in [0.2, 0.25) is 0 Å². The summed E-state index contributed by atoms with van der Waals surface area (Å²) in [6.45, 7) is 0. The van der Waals surface area contributed by atoms with Crippen molar-refractivity contribution in [3.8, 4) is 0 Å². The van der Waals surface area contributed by atoms with Crippen molar-refractivity contribution < 1.29 is 24.2 Å². The van der Waals surface area contributed by atoms with E-state index in [4.69, 9.17) is 5.11 Å². The van der Waals surface area contributed by atoms with Crippen LogP contribution in [0.4, 0.5) is 0 Å².